The summed E-state index contributed by atoms with van der Waals surface area (Å²) in [6, 6.07) is 11.9. The van der Waals surface area contributed by atoms with Crippen molar-refractivity contribution in [1.29, 1.82) is 0 Å². The second kappa shape index (κ2) is 11.4. The fourth-order valence-corrected chi connectivity index (χ4v) is 3.20. The van der Waals surface area contributed by atoms with Crippen molar-refractivity contribution in [2.24, 2.45) is 4.99 Å². The van der Waals surface area contributed by atoms with Crippen molar-refractivity contribution in [3.8, 4) is 5.88 Å². The number of pyridine rings is 1. The Morgan fingerprint density at radius 2 is 1.97 bits per heavy atom. The van der Waals surface area contributed by atoms with Crippen LogP contribution >= 0.6 is 24.0 Å². The number of nitrogens with one attached hydrogen (secondary N) is 2. The van der Waals surface area contributed by atoms with Crippen molar-refractivity contribution in [3.05, 3.63) is 53.7 Å². The van der Waals surface area contributed by atoms with Crippen LogP contribution in [0.4, 0.5) is 18.9 Å². The van der Waals surface area contributed by atoms with Gasteiger partial charge in [0.25, 0.3) is 0 Å². The van der Waals surface area contributed by atoms with Crippen LogP contribution in [0.2, 0.25) is 0 Å². The molecule has 0 saturated carbocycles. The Bertz CT molecular complexity index is 844. The van der Waals surface area contributed by atoms with E-state index < -0.39 is 12.8 Å². The Morgan fingerprint density at radius 3 is 2.58 bits per heavy atom. The molecule has 1 atom stereocenters. The lowest BCUT2D eigenvalue weighted by molar-refractivity contribution is -0.154. The number of guanidine groups is 1. The summed E-state index contributed by atoms with van der Waals surface area (Å²) in [5, 5.41) is 6.63. The molecule has 0 radical (unpaired) electrons. The molecule has 0 bridgehead atoms. The third-order valence-corrected chi connectivity index (χ3v) is 4.79. The van der Waals surface area contributed by atoms with Crippen molar-refractivity contribution >= 4 is 35.6 Å². The number of aliphatic imine (C=N–C) groups is 1. The zero-order chi connectivity index (χ0) is 21.6. The van der Waals surface area contributed by atoms with E-state index in [2.05, 4.69) is 61.4 Å². The zero-order valence-corrected chi connectivity index (χ0v) is 19.8. The number of hydrogen-bond donors (Lipinski definition) is 2. The molecule has 170 valence electrons. The summed E-state index contributed by atoms with van der Waals surface area (Å²) >= 11 is 0. The zero-order valence-electron chi connectivity index (χ0n) is 17.4. The maximum absolute atomic E-state index is 12.2. The minimum Gasteiger partial charge on any atom is -0.468 e. The molecule has 1 fully saturated rings. The molecule has 1 aromatic carbocycles. The first-order chi connectivity index (χ1) is 14.3. The van der Waals surface area contributed by atoms with Gasteiger partial charge in [-0.1, -0.05) is 23.8 Å². The average molecular weight is 549 g/mol. The van der Waals surface area contributed by atoms with Gasteiger partial charge in [0, 0.05) is 50.7 Å². The highest BCUT2D eigenvalue weighted by molar-refractivity contribution is 14.0. The lowest BCUT2D eigenvalue weighted by Crippen LogP contribution is -2.44. The van der Waals surface area contributed by atoms with Crippen LogP contribution in [0.25, 0.3) is 0 Å². The summed E-state index contributed by atoms with van der Waals surface area (Å²) in [6.45, 7) is 3.03. The predicted octanol–water partition coefficient (Wildman–Crippen LogP) is 3.89. The molecule has 31 heavy (non-hydrogen) atoms. The summed E-state index contributed by atoms with van der Waals surface area (Å²) in [6.07, 6.45) is -1.89. The largest absolute Gasteiger partial charge is 0.468 e. The van der Waals surface area contributed by atoms with Crippen molar-refractivity contribution < 1.29 is 17.9 Å². The van der Waals surface area contributed by atoms with Gasteiger partial charge in [-0.3, -0.25) is 4.99 Å². The number of rotatable bonds is 6. The van der Waals surface area contributed by atoms with Gasteiger partial charge in [-0.05, 0) is 31.0 Å². The highest BCUT2D eigenvalue weighted by Gasteiger charge is 2.28. The van der Waals surface area contributed by atoms with E-state index in [1.54, 1.807) is 13.1 Å². The Labute approximate surface area is 197 Å². The number of anilines is 1. The van der Waals surface area contributed by atoms with Gasteiger partial charge in [0.2, 0.25) is 5.88 Å². The molecule has 10 heteroatoms. The van der Waals surface area contributed by atoms with Gasteiger partial charge < -0.3 is 20.3 Å². The van der Waals surface area contributed by atoms with Crippen molar-refractivity contribution in [2.45, 2.75) is 32.1 Å². The van der Waals surface area contributed by atoms with E-state index in [0.717, 1.165) is 25.1 Å². The van der Waals surface area contributed by atoms with E-state index in [1.807, 2.05) is 0 Å². The number of alkyl halides is 3. The molecule has 0 spiro atoms. The van der Waals surface area contributed by atoms with Gasteiger partial charge in [-0.15, -0.1) is 24.0 Å². The summed E-state index contributed by atoms with van der Waals surface area (Å²) < 4.78 is 41.2. The topological polar surface area (TPSA) is 61.8 Å². The van der Waals surface area contributed by atoms with Gasteiger partial charge in [0.15, 0.2) is 12.6 Å². The number of aromatic nitrogens is 1. The Kier molecular flexibility index (Phi) is 9.20. The molecule has 0 aliphatic carbocycles. The average Bonchev–Trinajstić information content (AvgIpc) is 3.19. The first-order valence-corrected chi connectivity index (χ1v) is 9.75. The summed E-state index contributed by atoms with van der Waals surface area (Å²) in [5.41, 5.74) is 3.27. The Hall–Kier alpha value is -2.24. The number of hydrogen-bond acceptors (Lipinski definition) is 4. The summed E-state index contributed by atoms with van der Waals surface area (Å²) in [7, 11) is 1.70. The van der Waals surface area contributed by atoms with Crippen molar-refractivity contribution in [3.63, 3.8) is 0 Å². The third-order valence-electron chi connectivity index (χ3n) is 4.79. The predicted molar refractivity (Wildman–Crippen MR) is 126 cm³/mol. The van der Waals surface area contributed by atoms with Gasteiger partial charge in [0.1, 0.15) is 0 Å². The van der Waals surface area contributed by atoms with Crippen LogP contribution in [0.5, 0.6) is 5.88 Å². The fraction of sp³-hybridized carbons (Fsp3) is 0.429. The number of ether oxygens (including phenoxy) is 1. The van der Waals surface area contributed by atoms with Crippen LogP contribution in [-0.4, -0.2) is 49.9 Å². The minimum absolute atomic E-state index is 0. The molecule has 2 N–H and O–H groups in total. The van der Waals surface area contributed by atoms with Crippen LogP contribution in [0.1, 0.15) is 17.5 Å². The quantitative estimate of drug-likeness (QED) is 0.326. The van der Waals surface area contributed by atoms with Crippen LogP contribution in [-0.2, 0) is 6.54 Å². The number of nitrogens with zero attached hydrogens (tertiary/aromatic N) is 3. The van der Waals surface area contributed by atoms with E-state index in [9.17, 15) is 13.2 Å². The SMILES string of the molecule is CN=C(NCc1ccc(OCC(F)(F)F)nc1)NC1CCN(c2ccc(C)cc2)C1.I. The Balaban J connectivity index is 0.00000341. The highest BCUT2D eigenvalue weighted by Crippen LogP contribution is 2.21. The van der Waals surface area contributed by atoms with E-state index in [1.165, 1.54) is 23.5 Å². The van der Waals surface area contributed by atoms with Crippen molar-refractivity contribution in [2.75, 3.05) is 31.6 Å². The first-order valence-electron chi connectivity index (χ1n) is 9.75. The summed E-state index contributed by atoms with van der Waals surface area (Å²) in [4.78, 5) is 10.5. The Morgan fingerprint density at radius 1 is 1.23 bits per heavy atom. The second-order valence-corrected chi connectivity index (χ2v) is 7.25. The van der Waals surface area contributed by atoms with Crippen molar-refractivity contribution in [1.82, 2.24) is 15.6 Å². The number of aryl methyl sites for hydroxylation is 1. The molecular formula is C21H27F3IN5O. The van der Waals surface area contributed by atoms with E-state index in [4.69, 9.17) is 0 Å². The number of halogens is 4. The highest BCUT2D eigenvalue weighted by atomic mass is 127. The van der Waals surface area contributed by atoms with E-state index in [0.29, 0.717) is 12.5 Å². The molecular weight excluding hydrogens is 522 g/mol. The first kappa shape index (κ1) is 25.0. The molecule has 1 aliphatic rings. The maximum Gasteiger partial charge on any atom is 0.422 e. The van der Waals surface area contributed by atoms with Crippen LogP contribution in [0.15, 0.2) is 47.6 Å². The van der Waals surface area contributed by atoms with Gasteiger partial charge in [-0.25, -0.2) is 4.98 Å². The number of benzene rings is 1. The molecule has 2 heterocycles. The summed E-state index contributed by atoms with van der Waals surface area (Å²) in [5.74, 6) is 0.615. The monoisotopic (exact) mass is 549 g/mol. The molecule has 6 nitrogen and oxygen atoms in total. The molecule has 2 aromatic rings. The molecule has 1 aromatic heterocycles. The van der Waals surface area contributed by atoms with Crippen LogP contribution in [0, 0.1) is 6.92 Å². The molecule has 1 aliphatic heterocycles. The molecule has 1 unspecified atom stereocenters. The van der Waals surface area contributed by atoms with E-state index >= 15 is 0 Å². The van der Waals surface area contributed by atoms with E-state index in [-0.39, 0.29) is 35.9 Å². The molecule has 0 amide bonds. The lowest BCUT2D eigenvalue weighted by Gasteiger charge is -2.20. The van der Waals surface area contributed by atoms with Crippen LogP contribution < -0.4 is 20.3 Å². The fourth-order valence-electron chi connectivity index (χ4n) is 3.20. The molecule has 1 saturated heterocycles. The van der Waals surface area contributed by atoms with Gasteiger partial charge >= 0.3 is 6.18 Å². The molecule has 3 rings (SSSR count). The van der Waals surface area contributed by atoms with Crippen LogP contribution in [0.3, 0.4) is 0 Å². The minimum atomic E-state index is -4.38. The third kappa shape index (κ3) is 8.08. The van der Waals surface area contributed by atoms with Gasteiger partial charge in [-0.2, -0.15) is 13.2 Å². The van der Waals surface area contributed by atoms with Gasteiger partial charge in [0.05, 0.1) is 0 Å². The smallest absolute Gasteiger partial charge is 0.422 e. The lowest BCUT2D eigenvalue weighted by atomic mass is 10.2. The standard InChI is InChI=1S/C21H26F3N5O.HI/c1-15-3-6-18(7-4-15)29-10-9-17(13-29)28-20(25-2)27-12-16-5-8-19(26-11-16)30-14-21(22,23)24;/h3-8,11,17H,9-10,12-14H2,1-2H3,(H2,25,27,28);1H. The normalized spacial score (nSPS) is 16.6. The maximum atomic E-state index is 12.2. The second-order valence-electron chi connectivity index (χ2n) is 7.25.